The number of carbonyl (C=O) groups is 1. The van der Waals surface area contributed by atoms with Crippen molar-refractivity contribution in [3.63, 3.8) is 0 Å². The first kappa shape index (κ1) is 32.1. The van der Waals surface area contributed by atoms with Crippen LogP contribution < -0.4 is 0 Å². The van der Waals surface area contributed by atoms with Crippen molar-refractivity contribution in [2.75, 3.05) is 13.2 Å². The average Bonchev–Trinajstić information content (AvgIpc) is 3.27. The molecule has 4 aliphatic carbocycles. The monoisotopic (exact) mass is 556 g/mol. The highest BCUT2D eigenvalue weighted by Crippen LogP contribution is 2.68. The van der Waals surface area contributed by atoms with E-state index in [0.29, 0.717) is 23.0 Å². The smallest absolute Gasteiger partial charge is 0.333 e. The summed E-state index contributed by atoms with van der Waals surface area (Å²) in [6.45, 7) is 18.5. The van der Waals surface area contributed by atoms with E-state index < -0.39 is 0 Å². The highest BCUT2D eigenvalue weighted by atomic mass is 16.5. The lowest BCUT2D eigenvalue weighted by Crippen LogP contribution is -2.53. The van der Waals surface area contributed by atoms with Crippen LogP contribution in [0.3, 0.4) is 0 Å². The molecule has 10 atom stereocenters. The van der Waals surface area contributed by atoms with Crippen molar-refractivity contribution in [1.82, 2.24) is 0 Å². The van der Waals surface area contributed by atoms with Gasteiger partial charge in [-0.2, -0.15) is 0 Å². The molecule has 4 saturated carbocycles. The molecule has 1 unspecified atom stereocenters. The van der Waals surface area contributed by atoms with Crippen LogP contribution in [0, 0.1) is 64.1 Å². The quantitative estimate of drug-likeness (QED) is 0.181. The van der Waals surface area contributed by atoms with Crippen molar-refractivity contribution >= 4 is 5.97 Å². The first-order valence-corrected chi connectivity index (χ1v) is 17.4. The van der Waals surface area contributed by atoms with Crippen LogP contribution in [0.4, 0.5) is 0 Å². The molecular weight excluding hydrogens is 492 g/mol. The maximum atomic E-state index is 11.7. The largest absolute Gasteiger partial charge is 0.462 e. The fourth-order valence-electron chi connectivity index (χ4n) is 10.9. The van der Waals surface area contributed by atoms with Crippen LogP contribution in [0.1, 0.15) is 138 Å². The summed E-state index contributed by atoms with van der Waals surface area (Å²) in [6, 6.07) is 0. The van der Waals surface area contributed by atoms with Gasteiger partial charge < -0.3 is 9.84 Å². The predicted octanol–water partition coefficient (Wildman–Crippen LogP) is 9.62. The average molecular weight is 557 g/mol. The van der Waals surface area contributed by atoms with Crippen molar-refractivity contribution in [3.05, 3.63) is 12.2 Å². The Morgan fingerprint density at radius 1 is 0.925 bits per heavy atom. The number of esters is 1. The van der Waals surface area contributed by atoms with Gasteiger partial charge in [0.05, 0.1) is 6.61 Å². The maximum Gasteiger partial charge on any atom is 0.333 e. The molecule has 3 nitrogen and oxygen atoms in total. The number of hydrogen-bond acceptors (Lipinski definition) is 3. The van der Waals surface area contributed by atoms with E-state index in [1.807, 2.05) is 0 Å². The summed E-state index contributed by atoms with van der Waals surface area (Å²) in [4.78, 5) is 11.7. The lowest BCUT2D eigenvalue weighted by atomic mass is 9.44. The van der Waals surface area contributed by atoms with Gasteiger partial charge in [0.2, 0.25) is 0 Å². The van der Waals surface area contributed by atoms with E-state index in [1.54, 1.807) is 6.92 Å². The van der Waals surface area contributed by atoms with Crippen molar-refractivity contribution in [2.45, 2.75) is 138 Å². The number of fused-ring (bicyclic) bond motifs is 5. The highest BCUT2D eigenvalue weighted by molar-refractivity contribution is 5.86. The van der Waals surface area contributed by atoms with E-state index >= 15 is 0 Å². The Bertz CT molecular complexity index is 848. The van der Waals surface area contributed by atoms with Crippen molar-refractivity contribution < 1.29 is 14.6 Å². The molecule has 0 bridgehead atoms. The van der Waals surface area contributed by atoms with Crippen LogP contribution in [0.25, 0.3) is 0 Å². The minimum Gasteiger partial charge on any atom is -0.462 e. The molecule has 230 valence electrons. The Morgan fingerprint density at radius 3 is 2.35 bits per heavy atom. The molecule has 0 aromatic heterocycles. The van der Waals surface area contributed by atoms with Crippen molar-refractivity contribution in [3.8, 4) is 0 Å². The first-order chi connectivity index (χ1) is 19.0. The van der Waals surface area contributed by atoms with Gasteiger partial charge in [-0.3, -0.25) is 0 Å². The van der Waals surface area contributed by atoms with Gasteiger partial charge in [-0.05, 0) is 129 Å². The lowest BCUT2D eigenvalue weighted by molar-refractivity contribution is -0.140. The second kappa shape index (κ2) is 13.6. The number of rotatable bonds is 13. The molecule has 1 N–H and O–H groups in total. The predicted molar refractivity (Wildman–Crippen MR) is 167 cm³/mol. The van der Waals surface area contributed by atoms with Gasteiger partial charge in [0.15, 0.2) is 0 Å². The Labute approximate surface area is 247 Å². The van der Waals surface area contributed by atoms with E-state index in [0.717, 1.165) is 60.2 Å². The van der Waals surface area contributed by atoms with Gasteiger partial charge in [-0.15, -0.1) is 0 Å². The fourth-order valence-corrected chi connectivity index (χ4v) is 10.9. The van der Waals surface area contributed by atoms with E-state index in [2.05, 4.69) is 41.2 Å². The molecule has 0 amide bonds. The van der Waals surface area contributed by atoms with Gasteiger partial charge >= 0.3 is 5.97 Å². The lowest BCUT2D eigenvalue weighted by Gasteiger charge is -2.61. The molecule has 0 heterocycles. The molecular formula is C37H64O3. The van der Waals surface area contributed by atoms with Crippen molar-refractivity contribution in [2.24, 2.45) is 64.1 Å². The van der Waals surface area contributed by atoms with Crippen molar-refractivity contribution in [1.29, 1.82) is 0 Å². The van der Waals surface area contributed by atoms with Crippen LogP contribution in [-0.2, 0) is 9.53 Å². The molecule has 0 aromatic carbocycles. The van der Waals surface area contributed by atoms with E-state index in [9.17, 15) is 9.90 Å². The van der Waals surface area contributed by atoms with E-state index in [1.165, 1.54) is 83.5 Å². The summed E-state index contributed by atoms with van der Waals surface area (Å²) < 4.78 is 5.32. The molecule has 0 saturated heterocycles. The maximum absolute atomic E-state index is 11.7. The van der Waals surface area contributed by atoms with Gasteiger partial charge in [-0.25, -0.2) is 4.79 Å². The van der Waals surface area contributed by atoms with Gasteiger partial charge in [0.25, 0.3) is 0 Å². The zero-order chi connectivity index (χ0) is 29.1. The summed E-state index contributed by atoms with van der Waals surface area (Å²) in [5.41, 5.74) is 1.59. The Balaban J connectivity index is 1.28. The van der Waals surface area contributed by atoms with Gasteiger partial charge in [-0.1, -0.05) is 73.3 Å². The third-order valence-corrected chi connectivity index (χ3v) is 13.3. The van der Waals surface area contributed by atoms with Gasteiger partial charge in [0, 0.05) is 18.1 Å². The van der Waals surface area contributed by atoms with E-state index in [-0.39, 0.29) is 18.5 Å². The number of hydrogen-bond donors (Lipinski definition) is 1. The Hall–Kier alpha value is -0.830. The molecule has 0 radical (unpaired) electrons. The summed E-state index contributed by atoms with van der Waals surface area (Å²) in [7, 11) is 0. The summed E-state index contributed by atoms with van der Waals surface area (Å²) in [5.74, 6) is 7.08. The molecule has 0 aliphatic heterocycles. The zero-order valence-electron chi connectivity index (χ0n) is 27.2. The summed E-state index contributed by atoms with van der Waals surface area (Å²) in [5, 5.41) is 9.79. The van der Waals surface area contributed by atoms with Crippen LogP contribution in [0.15, 0.2) is 12.2 Å². The molecule has 3 heteroatoms. The summed E-state index contributed by atoms with van der Waals surface area (Å²) >= 11 is 0. The fraction of sp³-hybridized carbons (Fsp3) is 0.919. The van der Waals surface area contributed by atoms with E-state index in [4.69, 9.17) is 4.74 Å². The third kappa shape index (κ3) is 6.86. The molecule has 0 aromatic rings. The third-order valence-electron chi connectivity index (χ3n) is 13.3. The first-order valence-electron chi connectivity index (χ1n) is 17.4. The second-order valence-electron chi connectivity index (χ2n) is 16.2. The number of ether oxygens (including phenoxy) is 1. The number of aliphatic hydroxyl groups excluding tert-OH is 1. The Morgan fingerprint density at radius 2 is 1.65 bits per heavy atom. The zero-order valence-corrected chi connectivity index (χ0v) is 27.2. The molecule has 40 heavy (non-hydrogen) atoms. The standard InChI is InChI=1S/C37H64O3/c1-25(2)10-8-11-27(5)32-16-17-33-31-15-14-30-22-28(12-9-13-29(23-38)24-40-35(39)26(3)4)18-20-36(30,6)34(31)19-21-37(32,33)7/h25,27-34,38H,3,8-24H2,1-2,4-7H3/t27-,28+,29?,30+,31+,32-,33+,34+,36+,37-/m1/s1. The van der Waals surface area contributed by atoms with Crippen LogP contribution >= 0.6 is 0 Å². The number of carbonyl (C=O) groups excluding carboxylic acids is 1. The van der Waals surface area contributed by atoms with Gasteiger partial charge in [0.1, 0.15) is 0 Å². The highest BCUT2D eigenvalue weighted by Gasteiger charge is 2.60. The second-order valence-corrected chi connectivity index (χ2v) is 16.2. The van der Waals surface area contributed by atoms with Crippen LogP contribution in [0.2, 0.25) is 0 Å². The Kier molecular flexibility index (Phi) is 10.9. The normalized spacial score (nSPS) is 38.7. The number of aliphatic hydroxyl groups is 1. The topological polar surface area (TPSA) is 46.5 Å². The molecule has 0 spiro atoms. The summed E-state index contributed by atoms with van der Waals surface area (Å²) in [6.07, 6.45) is 20.8. The molecule has 4 aliphatic rings. The SMILES string of the molecule is C=C(C)C(=O)OCC(CO)CCC[C@H]1CC[C@@]2(C)[C@@H](CC[C@@H]3[C@@H]2CC[C@]2(C)[C@@H]([C@H](C)CCCC(C)C)CC[C@@H]32)C1. The van der Waals surface area contributed by atoms with Crippen LogP contribution in [-0.4, -0.2) is 24.3 Å². The molecule has 4 fully saturated rings. The minimum absolute atomic E-state index is 0.0531. The molecule has 4 rings (SSSR count). The minimum atomic E-state index is -0.340. The van der Waals surface area contributed by atoms with Crippen LogP contribution in [0.5, 0.6) is 0 Å².